The van der Waals surface area contributed by atoms with E-state index in [1.807, 2.05) is 30.3 Å². The standard InChI is InChI=1S/C13H12ClFN2/c14-11-6-7-13(15)10(8-11)9-16-17-12-4-2-1-3-5-12/h1-8,16-17H,9H2. The molecule has 2 aromatic rings. The molecule has 2 N–H and O–H groups in total. The Bertz CT molecular complexity index is 488. The summed E-state index contributed by atoms with van der Waals surface area (Å²) in [6.07, 6.45) is 0. The van der Waals surface area contributed by atoms with Gasteiger partial charge in [0.1, 0.15) is 5.82 Å². The van der Waals surface area contributed by atoms with Gasteiger partial charge in [-0.25, -0.2) is 9.82 Å². The number of nitrogens with one attached hydrogen (secondary N) is 2. The average Bonchev–Trinajstić information content (AvgIpc) is 2.35. The molecule has 88 valence electrons. The quantitative estimate of drug-likeness (QED) is 0.811. The molecular weight excluding hydrogens is 239 g/mol. The third-order valence-corrected chi connectivity index (χ3v) is 2.53. The molecule has 0 atom stereocenters. The molecule has 4 heteroatoms. The molecule has 0 fully saturated rings. The lowest BCUT2D eigenvalue weighted by Gasteiger charge is -2.09. The third kappa shape index (κ3) is 3.44. The normalized spacial score (nSPS) is 10.2. The van der Waals surface area contributed by atoms with Crippen LogP contribution in [0, 0.1) is 5.82 Å². The smallest absolute Gasteiger partial charge is 0.127 e. The second kappa shape index (κ2) is 5.66. The molecule has 0 bridgehead atoms. The number of halogens is 2. The lowest BCUT2D eigenvalue weighted by molar-refractivity contribution is 0.600. The first-order valence-corrected chi connectivity index (χ1v) is 5.61. The van der Waals surface area contributed by atoms with Gasteiger partial charge in [0.25, 0.3) is 0 Å². The van der Waals surface area contributed by atoms with Crippen LogP contribution in [-0.4, -0.2) is 0 Å². The molecule has 0 radical (unpaired) electrons. The van der Waals surface area contributed by atoms with E-state index in [1.165, 1.54) is 12.1 Å². The zero-order valence-electron chi connectivity index (χ0n) is 9.08. The minimum absolute atomic E-state index is 0.267. The molecule has 0 aliphatic heterocycles. The highest BCUT2D eigenvalue weighted by atomic mass is 35.5. The Labute approximate surface area is 104 Å². The van der Waals surface area contributed by atoms with Crippen molar-refractivity contribution in [3.8, 4) is 0 Å². The highest BCUT2D eigenvalue weighted by Gasteiger charge is 2.02. The third-order valence-electron chi connectivity index (χ3n) is 2.29. The van der Waals surface area contributed by atoms with Crippen LogP contribution in [0.3, 0.4) is 0 Å². The van der Waals surface area contributed by atoms with Gasteiger partial charge in [0, 0.05) is 22.8 Å². The van der Waals surface area contributed by atoms with Crippen LogP contribution >= 0.6 is 11.6 Å². The largest absolute Gasteiger partial charge is 0.321 e. The lowest BCUT2D eigenvalue weighted by Crippen LogP contribution is -2.21. The Morgan fingerprint density at radius 1 is 1.06 bits per heavy atom. The maximum atomic E-state index is 13.4. The van der Waals surface area contributed by atoms with Crippen LogP contribution in [0.25, 0.3) is 0 Å². The molecule has 0 aliphatic rings. The predicted octanol–water partition coefficient (Wildman–Crippen LogP) is 3.60. The summed E-state index contributed by atoms with van der Waals surface area (Å²) < 4.78 is 13.4. The van der Waals surface area contributed by atoms with Crippen molar-refractivity contribution in [2.45, 2.75) is 6.54 Å². The number of hydrogen-bond donors (Lipinski definition) is 2. The predicted molar refractivity (Wildman–Crippen MR) is 68.3 cm³/mol. The van der Waals surface area contributed by atoms with Crippen LogP contribution in [0.2, 0.25) is 5.02 Å². The summed E-state index contributed by atoms with van der Waals surface area (Å²) in [5.41, 5.74) is 7.37. The molecular formula is C13H12ClFN2. The number of para-hydroxylation sites is 1. The molecule has 2 nitrogen and oxygen atoms in total. The summed E-state index contributed by atoms with van der Waals surface area (Å²) in [5.74, 6) is -0.267. The molecule has 17 heavy (non-hydrogen) atoms. The van der Waals surface area contributed by atoms with Gasteiger partial charge in [-0.15, -0.1) is 0 Å². The summed E-state index contributed by atoms with van der Waals surface area (Å²) in [7, 11) is 0. The van der Waals surface area contributed by atoms with E-state index >= 15 is 0 Å². The van der Waals surface area contributed by atoms with E-state index in [0.29, 0.717) is 17.1 Å². The lowest BCUT2D eigenvalue weighted by atomic mass is 10.2. The van der Waals surface area contributed by atoms with Crippen molar-refractivity contribution in [3.63, 3.8) is 0 Å². The summed E-state index contributed by atoms with van der Waals surface area (Å²) in [4.78, 5) is 0. The molecule has 0 unspecified atom stereocenters. The van der Waals surface area contributed by atoms with Crippen molar-refractivity contribution in [3.05, 3.63) is 64.9 Å². The molecule has 0 amide bonds. The molecule has 2 aromatic carbocycles. The first-order valence-electron chi connectivity index (χ1n) is 5.23. The molecule has 0 heterocycles. The zero-order chi connectivity index (χ0) is 12.1. The number of anilines is 1. The number of hydrazine groups is 1. The number of rotatable bonds is 4. The molecule has 0 aliphatic carbocycles. The van der Waals surface area contributed by atoms with Gasteiger partial charge in [-0.05, 0) is 30.3 Å². The second-order valence-electron chi connectivity index (χ2n) is 3.58. The summed E-state index contributed by atoms with van der Waals surface area (Å²) in [6.45, 7) is 0.362. The van der Waals surface area contributed by atoms with Crippen LogP contribution in [0.15, 0.2) is 48.5 Å². The van der Waals surface area contributed by atoms with E-state index in [9.17, 15) is 4.39 Å². The summed E-state index contributed by atoms with van der Waals surface area (Å²) >= 11 is 5.80. The fourth-order valence-electron chi connectivity index (χ4n) is 1.44. The maximum Gasteiger partial charge on any atom is 0.127 e. The molecule has 0 aromatic heterocycles. The fraction of sp³-hybridized carbons (Fsp3) is 0.0769. The van der Waals surface area contributed by atoms with E-state index in [-0.39, 0.29) is 5.82 Å². The summed E-state index contributed by atoms with van der Waals surface area (Å²) in [6, 6.07) is 14.1. The van der Waals surface area contributed by atoms with Crippen molar-refractivity contribution >= 4 is 17.3 Å². The average molecular weight is 251 g/mol. The van der Waals surface area contributed by atoms with Crippen LogP contribution in [0.5, 0.6) is 0 Å². The topological polar surface area (TPSA) is 24.1 Å². The van der Waals surface area contributed by atoms with E-state index in [0.717, 1.165) is 5.69 Å². The Morgan fingerprint density at radius 3 is 2.59 bits per heavy atom. The van der Waals surface area contributed by atoms with Gasteiger partial charge in [0.05, 0.1) is 0 Å². The van der Waals surface area contributed by atoms with Gasteiger partial charge in [-0.1, -0.05) is 29.8 Å². The van der Waals surface area contributed by atoms with E-state index in [1.54, 1.807) is 6.07 Å². The Morgan fingerprint density at radius 2 is 1.82 bits per heavy atom. The van der Waals surface area contributed by atoms with Crippen LogP contribution in [0.1, 0.15) is 5.56 Å². The molecule has 0 spiro atoms. The molecule has 2 rings (SSSR count). The van der Waals surface area contributed by atoms with Gasteiger partial charge in [-0.3, -0.25) is 0 Å². The van der Waals surface area contributed by atoms with Gasteiger partial charge < -0.3 is 5.43 Å². The zero-order valence-corrected chi connectivity index (χ0v) is 9.84. The van der Waals surface area contributed by atoms with E-state index in [4.69, 9.17) is 11.6 Å². The van der Waals surface area contributed by atoms with Crippen molar-refractivity contribution in [1.82, 2.24) is 5.43 Å². The highest BCUT2D eigenvalue weighted by molar-refractivity contribution is 6.30. The van der Waals surface area contributed by atoms with Gasteiger partial charge in [-0.2, -0.15) is 0 Å². The maximum absolute atomic E-state index is 13.4. The second-order valence-corrected chi connectivity index (χ2v) is 4.02. The number of hydrogen-bond acceptors (Lipinski definition) is 2. The van der Waals surface area contributed by atoms with Crippen molar-refractivity contribution < 1.29 is 4.39 Å². The fourth-order valence-corrected chi connectivity index (χ4v) is 1.64. The Balaban J connectivity index is 1.92. The first kappa shape index (κ1) is 11.9. The minimum atomic E-state index is -0.267. The molecule has 0 saturated heterocycles. The molecule has 0 saturated carbocycles. The minimum Gasteiger partial charge on any atom is -0.321 e. The SMILES string of the molecule is Fc1ccc(Cl)cc1CNNc1ccccc1. The highest BCUT2D eigenvalue weighted by Crippen LogP contribution is 2.14. The van der Waals surface area contributed by atoms with Crippen molar-refractivity contribution in [1.29, 1.82) is 0 Å². The van der Waals surface area contributed by atoms with Crippen LogP contribution < -0.4 is 10.9 Å². The first-order chi connectivity index (χ1) is 8.25. The van der Waals surface area contributed by atoms with E-state index < -0.39 is 0 Å². The van der Waals surface area contributed by atoms with Crippen molar-refractivity contribution in [2.24, 2.45) is 0 Å². The van der Waals surface area contributed by atoms with Crippen LogP contribution in [-0.2, 0) is 6.54 Å². The van der Waals surface area contributed by atoms with Crippen molar-refractivity contribution in [2.75, 3.05) is 5.43 Å². The number of benzene rings is 2. The Kier molecular flexibility index (Phi) is 3.96. The monoisotopic (exact) mass is 250 g/mol. The van der Waals surface area contributed by atoms with Gasteiger partial charge in [0.2, 0.25) is 0 Å². The van der Waals surface area contributed by atoms with Gasteiger partial charge >= 0.3 is 0 Å². The van der Waals surface area contributed by atoms with Crippen LogP contribution in [0.4, 0.5) is 10.1 Å². The Hall–Kier alpha value is -1.58. The summed E-state index contributed by atoms with van der Waals surface area (Å²) in [5, 5.41) is 0.530. The van der Waals surface area contributed by atoms with E-state index in [2.05, 4.69) is 10.9 Å². The van der Waals surface area contributed by atoms with Gasteiger partial charge in [0.15, 0.2) is 0 Å².